The molecule has 0 radical (unpaired) electrons. The molecule has 12 heteroatoms. The van der Waals surface area contributed by atoms with Crippen LogP contribution in [-0.2, 0) is 0 Å². The minimum atomic E-state index is -0.824. The zero-order valence-electron chi connectivity index (χ0n) is 14.3. The Kier molecular flexibility index (Phi) is 4.55. The van der Waals surface area contributed by atoms with Crippen molar-refractivity contribution < 1.29 is 9.18 Å². The number of hydrogen-bond donors (Lipinski definition) is 2. The van der Waals surface area contributed by atoms with Crippen LogP contribution >= 0.6 is 11.8 Å². The number of H-pyrrole nitrogens is 1. The summed E-state index contributed by atoms with van der Waals surface area (Å²) in [5, 5.41) is 11.4. The van der Waals surface area contributed by atoms with E-state index in [0.717, 1.165) is 24.6 Å². The minimum absolute atomic E-state index is 0.0937. The maximum absolute atomic E-state index is 13.4. The Morgan fingerprint density at radius 2 is 2.14 bits per heavy atom. The highest BCUT2D eigenvalue weighted by Crippen LogP contribution is 2.35. The molecule has 1 aromatic carbocycles. The normalized spacial score (nSPS) is 13.6. The van der Waals surface area contributed by atoms with Crippen LogP contribution in [0.3, 0.4) is 0 Å². The summed E-state index contributed by atoms with van der Waals surface area (Å²) in [5.41, 5.74) is 4.62. The van der Waals surface area contributed by atoms with Crippen molar-refractivity contribution >= 4 is 23.4 Å². The van der Waals surface area contributed by atoms with E-state index >= 15 is 0 Å². The molecule has 0 amide bonds. The Morgan fingerprint density at radius 1 is 1.36 bits per heavy atom. The molecule has 1 aliphatic carbocycles. The first-order valence-corrected chi connectivity index (χ1v) is 9.29. The van der Waals surface area contributed by atoms with Gasteiger partial charge in [-0.25, -0.2) is 9.18 Å². The number of aromatic nitrogens is 6. The van der Waals surface area contributed by atoms with Crippen molar-refractivity contribution in [2.24, 2.45) is 0 Å². The van der Waals surface area contributed by atoms with Crippen LogP contribution in [0, 0.1) is 5.82 Å². The van der Waals surface area contributed by atoms with Crippen molar-refractivity contribution in [3.8, 4) is 5.69 Å². The molecule has 1 aliphatic rings. The Labute approximate surface area is 160 Å². The second-order valence-electron chi connectivity index (χ2n) is 6.19. The molecule has 10 nitrogen and oxygen atoms in total. The first kappa shape index (κ1) is 18.1. The maximum atomic E-state index is 13.4. The lowest BCUT2D eigenvalue weighted by Gasteiger charge is -2.10. The van der Waals surface area contributed by atoms with Crippen molar-refractivity contribution in [3.05, 3.63) is 56.5 Å². The molecule has 28 heavy (non-hydrogen) atoms. The minimum Gasteiger partial charge on any atom is -0.384 e. The lowest BCUT2D eigenvalue weighted by atomic mass is 10.2. The van der Waals surface area contributed by atoms with Crippen LogP contribution in [0.1, 0.15) is 29.2 Å². The summed E-state index contributed by atoms with van der Waals surface area (Å²) in [5.74, 6) is -1.34. The number of halogens is 1. The standard InChI is InChI=1S/C16H14FN7O3S/c17-8-2-1-3-10(6-8)24-16(20-21-22-24)28-7-11(25)12-13(18)23(9-4-5-9)15(27)19-14(12)26/h1-3,6,9H,4-5,7,18H2,(H,19,26,27). The van der Waals surface area contributed by atoms with Gasteiger partial charge in [-0.2, -0.15) is 4.68 Å². The Hall–Kier alpha value is -3.28. The number of Topliss-reactive ketones (excluding diaryl/α,β-unsaturated/α-hetero) is 1. The van der Waals surface area contributed by atoms with Gasteiger partial charge in [0.15, 0.2) is 5.78 Å². The molecule has 0 aliphatic heterocycles. The number of tetrazole rings is 1. The predicted octanol–water partition coefficient (Wildman–Crippen LogP) is 0.543. The molecule has 2 heterocycles. The van der Waals surface area contributed by atoms with Crippen LogP contribution in [-0.4, -0.2) is 41.3 Å². The zero-order valence-corrected chi connectivity index (χ0v) is 15.1. The quantitative estimate of drug-likeness (QED) is 0.449. The highest BCUT2D eigenvalue weighted by atomic mass is 32.2. The smallest absolute Gasteiger partial charge is 0.330 e. The van der Waals surface area contributed by atoms with Crippen molar-refractivity contribution in [2.45, 2.75) is 24.0 Å². The molecule has 0 atom stereocenters. The molecule has 3 aromatic rings. The molecular weight excluding hydrogens is 389 g/mol. The van der Waals surface area contributed by atoms with Gasteiger partial charge >= 0.3 is 5.69 Å². The highest BCUT2D eigenvalue weighted by Gasteiger charge is 2.30. The Morgan fingerprint density at radius 3 is 2.86 bits per heavy atom. The van der Waals surface area contributed by atoms with Gasteiger partial charge in [-0.05, 0) is 41.5 Å². The number of nitrogen functional groups attached to an aromatic ring is 1. The summed E-state index contributed by atoms with van der Waals surface area (Å²) in [7, 11) is 0. The molecule has 2 aromatic heterocycles. The average Bonchev–Trinajstić information content (AvgIpc) is 3.35. The van der Waals surface area contributed by atoms with Gasteiger partial charge in [0.25, 0.3) is 5.56 Å². The number of aromatic amines is 1. The fourth-order valence-electron chi connectivity index (χ4n) is 2.77. The van der Waals surface area contributed by atoms with Gasteiger partial charge in [-0.1, -0.05) is 17.8 Å². The van der Waals surface area contributed by atoms with Gasteiger partial charge in [-0.3, -0.25) is 19.1 Å². The fourth-order valence-corrected chi connectivity index (χ4v) is 3.53. The number of benzene rings is 1. The molecule has 0 bridgehead atoms. The summed E-state index contributed by atoms with van der Waals surface area (Å²) in [6.07, 6.45) is 1.53. The summed E-state index contributed by atoms with van der Waals surface area (Å²) in [6, 6.07) is 5.56. The third-order valence-electron chi connectivity index (χ3n) is 4.20. The second kappa shape index (κ2) is 7.03. The monoisotopic (exact) mass is 403 g/mol. The number of carbonyl (C=O) groups excluding carboxylic acids is 1. The SMILES string of the molecule is Nc1c(C(=O)CSc2nnnn2-c2cccc(F)c2)c(=O)[nH]c(=O)n1C1CC1. The molecule has 3 N–H and O–H groups in total. The van der Waals surface area contributed by atoms with Gasteiger partial charge in [0.2, 0.25) is 5.16 Å². The summed E-state index contributed by atoms with van der Waals surface area (Å²) >= 11 is 0.968. The van der Waals surface area contributed by atoms with Crippen LogP contribution in [0.2, 0.25) is 0 Å². The topological polar surface area (TPSA) is 142 Å². The number of nitrogens with two attached hydrogens (primary N) is 1. The van der Waals surface area contributed by atoms with E-state index in [-0.39, 0.29) is 28.3 Å². The molecule has 1 saturated carbocycles. The number of nitrogens with zero attached hydrogens (tertiary/aromatic N) is 5. The lowest BCUT2D eigenvalue weighted by Crippen LogP contribution is -2.36. The van der Waals surface area contributed by atoms with Gasteiger partial charge < -0.3 is 5.73 Å². The number of ketones is 1. The maximum Gasteiger partial charge on any atom is 0.330 e. The molecular formula is C16H14FN7O3S. The zero-order chi connectivity index (χ0) is 19.8. The van der Waals surface area contributed by atoms with E-state index in [0.29, 0.717) is 5.69 Å². The largest absolute Gasteiger partial charge is 0.384 e. The van der Waals surface area contributed by atoms with Crippen molar-refractivity contribution in [3.63, 3.8) is 0 Å². The van der Waals surface area contributed by atoms with Gasteiger partial charge in [0, 0.05) is 6.04 Å². The van der Waals surface area contributed by atoms with Crippen molar-refractivity contribution in [1.29, 1.82) is 0 Å². The van der Waals surface area contributed by atoms with Gasteiger partial charge in [-0.15, -0.1) is 5.10 Å². The number of nitrogens with one attached hydrogen (secondary N) is 1. The van der Waals surface area contributed by atoms with Crippen LogP contribution in [0.25, 0.3) is 5.69 Å². The number of thioether (sulfide) groups is 1. The van der Waals surface area contributed by atoms with Crippen LogP contribution in [0.5, 0.6) is 0 Å². The summed E-state index contributed by atoms with van der Waals surface area (Å²) < 4.78 is 16.0. The second-order valence-corrected chi connectivity index (χ2v) is 7.13. The lowest BCUT2D eigenvalue weighted by molar-refractivity contribution is 0.102. The third-order valence-corrected chi connectivity index (χ3v) is 5.12. The number of rotatable bonds is 6. The van der Waals surface area contributed by atoms with Crippen LogP contribution in [0.15, 0.2) is 39.0 Å². The Bertz CT molecular complexity index is 1180. The van der Waals surface area contributed by atoms with E-state index in [9.17, 15) is 18.8 Å². The molecule has 0 saturated heterocycles. The fraction of sp³-hybridized carbons (Fsp3) is 0.250. The van der Waals surface area contributed by atoms with E-state index in [1.807, 2.05) is 0 Å². The molecule has 0 spiro atoms. The van der Waals surface area contributed by atoms with E-state index in [2.05, 4.69) is 20.5 Å². The summed E-state index contributed by atoms with van der Waals surface area (Å²) in [6.45, 7) is 0. The van der Waals surface area contributed by atoms with E-state index in [4.69, 9.17) is 5.73 Å². The molecule has 144 valence electrons. The Balaban J connectivity index is 1.59. The van der Waals surface area contributed by atoms with Gasteiger partial charge in [0.1, 0.15) is 17.2 Å². The number of hydrogen-bond acceptors (Lipinski definition) is 8. The number of anilines is 1. The summed E-state index contributed by atoms with van der Waals surface area (Å²) in [4.78, 5) is 38.8. The van der Waals surface area contributed by atoms with Crippen molar-refractivity contribution in [2.75, 3.05) is 11.5 Å². The first-order chi connectivity index (χ1) is 13.5. The molecule has 1 fully saturated rings. The van der Waals surface area contributed by atoms with Crippen LogP contribution < -0.4 is 17.0 Å². The predicted molar refractivity (Wildman–Crippen MR) is 98.2 cm³/mol. The number of carbonyl (C=O) groups is 1. The van der Waals surface area contributed by atoms with Crippen LogP contribution in [0.4, 0.5) is 10.2 Å². The molecule has 0 unspecified atom stereocenters. The first-order valence-electron chi connectivity index (χ1n) is 8.30. The van der Waals surface area contributed by atoms with E-state index < -0.39 is 22.8 Å². The van der Waals surface area contributed by atoms with E-state index in [1.165, 1.54) is 27.4 Å². The molecule has 4 rings (SSSR count). The van der Waals surface area contributed by atoms with Gasteiger partial charge in [0.05, 0.1) is 11.4 Å². The van der Waals surface area contributed by atoms with Crippen molar-refractivity contribution in [1.82, 2.24) is 29.8 Å². The average molecular weight is 403 g/mol. The van der Waals surface area contributed by atoms with E-state index in [1.54, 1.807) is 6.07 Å². The highest BCUT2D eigenvalue weighted by molar-refractivity contribution is 7.99. The third kappa shape index (κ3) is 3.33.